The van der Waals surface area contributed by atoms with Gasteiger partial charge in [-0.15, -0.1) is 0 Å². The highest BCUT2D eigenvalue weighted by molar-refractivity contribution is 8.13. The normalized spacial score (nSPS) is 22.3. The zero-order valence-electron chi connectivity index (χ0n) is 10.3. The molecule has 1 saturated carbocycles. The highest BCUT2D eigenvalue weighted by Gasteiger charge is 2.36. The maximum atomic E-state index is 10.9. The zero-order valence-corrected chi connectivity index (χ0v) is 11.1. The van der Waals surface area contributed by atoms with Crippen LogP contribution in [0.5, 0.6) is 0 Å². The Kier molecular flexibility index (Phi) is 4.31. The molecule has 0 bridgehead atoms. The molecule has 0 atom stereocenters. The number of nitrogens with zero attached hydrogens (tertiary/aromatic N) is 1. The number of hydrogen-bond acceptors (Lipinski definition) is 5. The molecule has 0 unspecified atom stereocenters. The summed E-state index contributed by atoms with van der Waals surface area (Å²) in [4.78, 5) is 15.6. The van der Waals surface area contributed by atoms with E-state index in [-0.39, 0.29) is 5.97 Å². The molecule has 1 N–H and O–H groups in total. The number of ether oxygens (including phenoxy) is 1. The first kappa shape index (κ1) is 12.7. The number of nitrogens with one attached hydrogen (secondary N) is 1. The summed E-state index contributed by atoms with van der Waals surface area (Å²) < 4.78 is 4.59. The van der Waals surface area contributed by atoms with E-state index in [2.05, 4.69) is 15.0 Å². The van der Waals surface area contributed by atoms with Crippen molar-refractivity contribution in [3.8, 4) is 0 Å². The van der Waals surface area contributed by atoms with Crippen molar-refractivity contribution in [3.05, 3.63) is 0 Å². The Morgan fingerprint density at radius 2 is 2.29 bits per heavy atom. The van der Waals surface area contributed by atoms with Crippen LogP contribution in [0.1, 0.15) is 32.1 Å². The third-order valence-corrected chi connectivity index (χ3v) is 4.87. The Bertz CT molecular complexity index is 312. The van der Waals surface area contributed by atoms with Crippen molar-refractivity contribution in [2.24, 2.45) is 10.4 Å². The van der Waals surface area contributed by atoms with Crippen LogP contribution >= 0.6 is 11.8 Å². The van der Waals surface area contributed by atoms with E-state index in [1.165, 1.54) is 38.5 Å². The largest absolute Gasteiger partial charge is 0.469 e. The lowest BCUT2D eigenvalue weighted by Crippen LogP contribution is -2.34. The molecule has 1 aliphatic carbocycles. The second-order valence-corrected chi connectivity index (χ2v) is 5.83. The third-order valence-electron chi connectivity index (χ3n) is 3.57. The highest BCUT2D eigenvalue weighted by atomic mass is 32.2. The predicted molar refractivity (Wildman–Crippen MR) is 70.3 cm³/mol. The summed E-state index contributed by atoms with van der Waals surface area (Å²) >= 11 is 1.81. The van der Waals surface area contributed by atoms with Crippen LogP contribution in [0.4, 0.5) is 0 Å². The summed E-state index contributed by atoms with van der Waals surface area (Å²) in [7, 11) is 1.42. The van der Waals surface area contributed by atoms with Gasteiger partial charge in [0.15, 0.2) is 5.17 Å². The van der Waals surface area contributed by atoms with E-state index in [1.54, 1.807) is 11.8 Å². The van der Waals surface area contributed by atoms with Gasteiger partial charge >= 0.3 is 5.97 Å². The fourth-order valence-corrected chi connectivity index (χ4v) is 3.64. The molecule has 1 aliphatic heterocycles. The Morgan fingerprint density at radius 3 is 2.88 bits per heavy atom. The smallest absolute Gasteiger partial charge is 0.307 e. The average Bonchev–Trinajstić information content (AvgIpc) is 2.80. The minimum Gasteiger partial charge on any atom is -0.469 e. The third kappa shape index (κ3) is 3.37. The van der Waals surface area contributed by atoms with E-state index in [4.69, 9.17) is 0 Å². The number of carbonyl (C=O) groups excluding carboxylic acids is 1. The monoisotopic (exact) mass is 256 g/mol. The van der Waals surface area contributed by atoms with Gasteiger partial charge in [-0.1, -0.05) is 24.6 Å². The number of rotatable bonds is 3. The van der Waals surface area contributed by atoms with Crippen LogP contribution in [-0.2, 0) is 9.53 Å². The molecular weight excluding hydrogens is 236 g/mol. The fourth-order valence-electron chi connectivity index (χ4n) is 2.46. The first-order chi connectivity index (χ1) is 8.24. The fraction of sp³-hybridized carbons (Fsp3) is 0.833. The van der Waals surface area contributed by atoms with E-state index in [0.29, 0.717) is 18.4 Å². The van der Waals surface area contributed by atoms with Gasteiger partial charge in [0.2, 0.25) is 0 Å². The summed E-state index contributed by atoms with van der Waals surface area (Å²) in [6.45, 7) is 1.58. The minimum atomic E-state index is -0.175. The summed E-state index contributed by atoms with van der Waals surface area (Å²) in [6, 6.07) is 0. The van der Waals surface area contributed by atoms with E-state index in [0.717, 1.165) is 11.7 Å². The van der Waals surface area contributed by atoms with Crippen molar-refractivity contribution >= 4 is 22.9 Å². The van der Waals surface area contributed by atoms with Gasteiger partial charge in [-0.2, -0.15) is 0 Å². The number of esters is 1. The minimum absolute atomic E-state index is 0.175. The second-order valence-electron chi connectivity index (χ2n) is 4.87. The summed E-state index contributed by atoms with van der Waals surface area (Å²) in [6.07, 6.45) is 5.79. The highest BCUT2D eigenvalue weighted by Crippen LogP contribution is 2.43. The van der Waals surface area contributed by atoms with E-state index >= 15 is 0 Å². The molecule has 4 nitrogen and oxygen atoms in total. The van der Waals surface area contributed by atoms with Gasteiger partial charge < -0.3 is 10.1 Å². The lowest BCUT2D eigenvalue weighted by molar-refractivity contribution is -0.140. The van der Waals surface area contributed by atoms with Crippen LogP contribution < -0.4 is 5.32 Å². The molecule has 1 spiro atoms. The SMILES string of the molecule is COC(=O)CCNC1=NCC2(CCCC2)CS1. The summed E-state index contributed by atoms with van der Waals surface area (Å²) in [5, 5.41) is 4.20. The van der Waals surface area contributed by atoms with Crippen LogP contribution in [-0.4, -0.2) is 37.1 Å². The molecule has 0 saturated heterocycles. The maximum Gasteiger partial charge on any atom is 0.307 e. The molecule has 1 fully saturated rings. The first-order valence-electron chi connectivity index (χ1n) is 6.22. The molecule has 17 heavy (non-hydrogen) atoms. The quantitative estimate of drug-likeness (QED) is 0.782. The summed E-state index contributed by atoms with van der Waals surface area (Å²) in [5.41, 5.74) is 0.484. The number of amidine groups is 1. The Labute approximate surface area is 107 Å². The van der Waals surface area contributed by atoms with Crippen LogP contribution in [0.15, 0.2) is 4.99 Å². The molecule has 0 aromatic heterocycles. The Morgan fingerprint density at radius 1 is 1.53 bits per heavy atom. The molecule has 1 heterocycles. The molecule has 96 valence electrons. The van der Waals surface area contributed by atoms with E-state index < -0.39 is 0 Å². The average molecular weight is 256 g/mol. The van der Waals surface area contributed by atoms with Crippen LogP contribution in [0, 0.1) is 5.41 Å². The van der Waals surface area contributed by atoms with Crippen molar-refractivity contribution in [1.82, 2.24) is 5.32 Å². The summed E-state index contributed by atoms with van der Waals surface area (Å²) in [5.74, 6) is 1.00. The molecule has 0 amide bonds. The lowest BCUT2D eigenvalue weighted by Gasteiger charge is -2.31. The van der Waals surface area contributed by atoms with Gasteiger partial charge in [0.05, 0.1) is 13.5 Å². The van der Waals surface area contributed by atoms with Crippen molar-refractivity contribution in [3.63, 3.8) is 0 Å². The van der Waals surface area contributed by atoms with Gasteiger partial charge in [0, 0.05) is 18.8 Å². The Balaban J connectivity index is 1.73. The molecule has 2 rings (SSSR count). The number of aliphatic imine (C=N–C) groups is 1. The van der Waals surface area contributed by atoms with Gasteiger partial charge in [0.25, 0.3) is 0 Å². The van der Waals surface area contributed by atoms with Gasteiger partial charge in [-0.25, -0.2) is 0 Å². The van der Waals surface area contributed by atoms with E-state index in [1.807, 2.05) is 0 Å². The maximum absolute atomic E-state index is 10.9. The van der Waals surface area contributed by atoms with Crippen molar-refractivity contribution < 1.29 is 9.53 Å². The predicted octanol–water partition coefficient (Wildman–Crippen LogP) is 1.80. The number of methoxy groups -OCH3 is 1. The topological polar surface area (TPSA) is 50.7 Å². The first-order valence-corrected chi connectivity index (χ1v) is 7.21. The van der Waals surface area contributed by atoms with Crippen LogP contribution in [0.2, 0.25) is 0 Å². The number of thioether (sulfide) groups is 1. The standard InChI is InChI=1S/C12H20N2O2S/c1-16-10(15)4-7-13-11-14-8-12(9-17-11)5-2-3-6-12/h2-9H2,1H3,(H,13,14). The van der Waals surface area contributed by atoms with E-state index in [9.17, 15) is 4.79 Å². The van der Waals surface area contributed by atoms with Gasteiger partial charge in [0.1, 0.15) is 0 Å². The molecule has 0 aromatic carbocycles. The molecule has 2 aliphatic rings. The van der Waals surface area contributed by atoms with Gasteiger partial charge in [-0.05, 0) is 18.3 Å². The molecule has 0 radical (unpaired) electrons. The zero-order chi connectivity index (χ0) is 12.1. The van der Waals surface area contributed by atoms with Crippen LogP contribution in [0.3, 0.4) is 0 Å². The van der Waals surface area contributed by atoms with Crippen molar-refractivity contribution in [1.29, 1.82) is 0 Å². The second kappa shape index (κ2) is 5.76. The van der Waals surface area contributed by atoms with Crippen molar-refractivity contribution in [2.45, 2.75) is 32.1 Å². The lowest BCUT2D eigenvalue weighted by atomic mass is 9.89. The molecule has 5 heteroatoms. The Hall–Kier alpha value is -0.710. The van der Waals surface area contributed by atoms with Crippen molar-refractivity contribution in [2.75, 3.05) is 26.0 Å². The number of carbonyl (C=O) groups is 1. The molecule has 0 aromatic rings. The van der Waals surface area contributed by atoms with Crippen LogP contribution in [0.25, 0.3) is 0 Å². The van der Waals surface area contributed by atoms with Gasteiger partial charge in [-0.3, -0.25) is 9.79 Å². The number of hydrogen-bond donors (Lipinski definition) is 1. The molecular formula is C12H20N2O2S.